The lowest BCUT2D eigenvalue weighted by Gasteiger charge is -2.35. The predicted molar refractivity (Wildman–Crippen MR) is 596 cm³/mol. The van der Waals surface area contributed by atoms with Gasteiger partial charge >= 0.3 is 0 Å². The molecule has 6 aliphatic carbocycles. The smallest absolute Gasteiger partial charge is 0.0215 e. The van der Waals surface area contributed by atoms with Crippen LogP contribution in [0.1, 0.15) is 509 Å². The largest absolute Gasteiger partial charge is 0.0654 e. The summed E-state index contributed by atoms with van der Waals surface area (Å²) < 4.78 is 0. The van der Waals surface area contributed by atoms with Crippen molar-refractivity contribution in [2.75, 3.05) is 0 Å². The van der Waals surface area contributed by atoms with Gasteiger partial charge in [0.25, 0.3) is 0 Å². The van der Waals surface area contributed by atoms with Gasteiger partial charge in [-0.3, -0.25) is 0 Å². The highest BCUT2D eigenvalue weighted by Crippen LogP contribution is 2.68. The molecule has 0 heteroatoms. The normalized spacial score (nSPS) is 15.4. The van der Waals surface area contributed by atoms with Gasteiger partial charge in [-0.2, -0.15) is 0 Å². The van der Waals surface area contributed by atoms with Crippen molar-refractivity contribution in [3.63, 3.8) is 0 Å². The van der Waals surface area contributed by atoms with E-state index >= 15 is 0 Å². The van der Waals surface area contributed by atoms with Crippen molar-refractivity contribution in [3.8, 4) is 89.0 Å². The fourth-order valence-corrected chi connectivity index (χ4v) is 28.7. The van der Waals surface area contributed by atoms with Crippen LogP contribution in [-0.4, -0.2) is 0 Å². The van der Waals surface area contributed by atoms with Gasteiger partial charge in [-0.25, -0.2) is 0 Å². The van der Waals surface area contributed by atoms with Crippen molar-refractivity contribution in [1.82, 2.24) is 0 Å². The van der Waals surface area contributed by atoms with Crippen LogP contribution in [0.3, 0.4) is 0 Å². The van der Waals surface area contributed by atoms with Crippen LogP contribution in [0.4, 0.5) is 0 Å². The first kappa shape index (κ1) is 99.5. The highest BCUT2D eigenvalue weighted by Gasteiger charge is 2.53. The highest BCUT2D eigenvalue weighted by atomic mass is 14.6. The zero-order valence-corrected chi connectivity index (χ0v) is 87.9. The van der Waals surface area contributed by atoms with Gasteiger partial charge in [0.1, 0.15) is 0 Å². The van der Waals surface area contributed by atoms with Gasteiger partial charge in [0, 0.05) is 32.5 Å². The van der Waals surface area contributed by atoms with E-state index in [2.05, 4.69) is 265 Å². The average Bonchev–Trinajstić information content (AvgIpc) is 1.07. The Balaban J connectivity index is 0.829. The van der Waals surface area contributed by atoms with Crippen LogP contribution in [0.2, 0.25) is 0 Å². The molecular weight excluding hydrogens is 1630 g/mol. The van der Waals surface area contributed by atoms with Gasteiger partial charge in [-0.15, -0.1) is 0 Å². The number of rotatable bonds is 58. The molecule has 0 radical (unpaired) electrons. The third-order valence-electron chi connectivity index (χ3n) is 36.3. The molecule has 0 N–H and O–H groups in total. The lowest BCUT2D eigenvalue weighted by Crippen LogP contribution is -2.27. The standard InChI is InChI=1S/C136H178/c1-13-21-29-37-45-61-81-133(82-62-46-38-30-22-14-2)117-75-59-57-71-103(117)105-79-77-99(89-121(105)133)109-91-127-129(107-73-55-53-69-101(107)109)115-97-125-111(93-119(115)131(127,9)10)113-95-124-114(96-123(113)135(125,85-65-49-41-33-25-17-5)86-66-50-42-34-26-18-6)112-94-120-116(98-126(112)136(124,87-67-51-43-35-27-19-7)88-68-52-44-36-28-20-8)130-108-74-56-54-70-102(108)110(92-128(130)132(120,11)12)100-78-80-106-104-72-58-60-76-118(104)134(122(106)90-100,83-63-47-39-31-23-15-3)84-64-48-40-32-24-16-4/h53-60,69-80,89-98H,13-52,61-68,81-88H2,1-12H3. The summed E-state index contributed by atoms with van der Waals surface area (Å²) in [5, 5.41) is 5.68. The van der Waals surface area contributed by atoms with E-state index in [0.29, 0.717) is 0 Å². The first-order valence-corrected chi connectivity index (χ1v) is 57.9. The molecule has 6 aliphatic rings. The molecule has 0 nitrogen and oxygen atoms in total. The van der Waals surface area contributed by atoms with E-state index in [1.807, 2.05) is 0 Å². The van der Waals surface area contributed by atoms with Crippen LogP contribution in [0.25, 0.3) is 111 Å². The summed E-state index contributed by atoms with van der Waals surface area (Å²) in [4.78, 5) is 0. The van der Waals surface area contributed by atoms with Crippen molar-refractivity contribution < 1.29 is 0 Å². The maximum Gasteiger partial charge on any atom is 0.0215 e. The van der Waals surface area contributed by atoms with E-state index in [4.69, 9.17) is 0 Å². The number of fused-ring (bicyclic) bond motifs is 22. The van der Waals surface area contributed by atoms with Gasteiger partial charge in [0.15, 0.2) is 0 Å². The molecule has 136 heavy (non-hydrogen) atoms. The fourth-order valence-electron chi connectivity index (χ4n) is 28.7. The zero-order valence-electron chi connectivity index (χ0n) is 87.9. The van der Waals surface area contributed by atoms with E-state index < -0.39 is 0 Å². The van der Waals surface area contributed by atoms with Crippen LogP contribution in [0.5, 0.6) is 0 Å². The molecule has 0 amide bonds. The second-order valence-corrected chi connectivity index (χ2v) is 45.9. The average molecular weight is 1810 g/mol. The molecule has 11 aromatic carbocycles. The zero-order chi connectivity index (χ0) is 94.3. The molecule has 11 aromatic rings. The number of hydrogen-bond donors (Lipinski definition) is 0. The minimum atomic E-state index is -0.255. The molecule has 0 heterocycles. The van der Waals surface area contributed by atoms with Gasteiger partial charge in [0.05, 0.1) is 0 Å². The summed E-state index contributed by atoms with van der Waals surface area (Å²) in [5.74, 6) is 0. The molecule has 0 aromatic heterocycles. The van der Waals surface area contributed by atoms with E-state index in [0.717, 1.165) is 0 Å². The Morgan fingerprint density at radius 1 is 0.147 bits per heavy atom. The maximum atomic E-state index is 3.00. The van der Waals surface area contributed by atoms with Gasteiger partial charge in [0.2, 0.25) is 0 Å². The molecule has 0 atom stereocenters. The number of benzene rings is 11. The van der Waals surface area contributed by atoms with Gasteiger partial charge in [-0.05, 0) is 289 Å². The minimum Gasteiger partial charge on any atom is -0.0654 e. The van der Waals surface area contributed by atoms with Crippen molar-refractivity contribution in [1.29, 1.82) is 0 Å². The van der Waals surface area contributed by atoms with Crippen LogP contribution in [-0.2, 0) is 32.5 Å². The summed E-state index contributed by atoms with van der Waals surface area (Å²) in [6, 6.07) is 78.1. The van der Waals surface area contributed by atoms with Crippen LogP contribution in [0, 0.1) is 0 Å². The van der Waals surface area contributed by atoms with E-state index in [1.165, 1.54) is 470 Å². The van der Waals surface area contributed by atoms with E-state index in [1.54, 1.807) is 66.8 Å². The first-order valence-electron chi connectivity index (χ1n) is 57.9. The molecule has 0 bridgehead atoms. The molecule has 0 saturated heterocycles. The summed E-state index contributed by atoms with van der Waals surface area (Å²) in [5.41, 5.74) is 42.4. The summed E-state index contributed by atoms with van der Waals surface area (Å²) in [7, 11) is 0. The molecule has 0 unspecified atom stereocenters. The van der Waals surface area contributed by atoms with E-state index in [9.17, 15) is 0 Å². The quantitative estimate of drug-likeness (QED) is 0.0333. The number of hydrogen-bond acceptors (Lipinski definition) is 0. The molecule has 0 spiro atoms. The van der Waals surface area contributed by atoms with Crippen LogP contribution >= 0.6 is 0 Å². The molecule has 0 fully saturated rings. The lowest BCUT2D eigenvalue weighted by molar-refractivity contribution is 0.394. The second kappa shape index (κ2) is 45.7. The van der Waals surface area contributed by atoms with Crippen molar-refractivity contribution in [2.24, 2.45) is 0 Å². The lowest BCUT2D eigenvalue weighted by atomic mass is 9.68. The Kier molecular flexibility index (Phi) is 33.4. The molecule has 0 saturated carbocycles. The third kappa shape index (κ3) is 19.4. The molecule has 722 valence electrons. The fraction of sp³-hybridized carbons (Fsp3) is 0.544. The maximum absolute atomic E-state index is 3.00. The summed E-state index contributed by atoms with van der Waals surface area (Å²) in [6.45, 7) is 29.6. The second-order valence-electron chi connectivity index (χ2n) is 45.9. The van der Waals surface area contributed by atoms with Crippen molar-refractivity contribution in [2.45, 2.75) is 475 Å². The van der Waals surface area contributed by atoms with Gasteiger partial charge < -0.3 is 0 Å². The van der Waals surface area contributed by atoms with Crippen molar-refractivity contribution >= 4 is 21.5 Å². The Labute approximate surface area is 828 Å². The molecular formula is C136H178. The van der Waals surface area contributed by atoms with Gasteiger partial charge in [-0.1, -0.05) is 513 Å². The first-order chi connectivity index (χ1) is 66.7. The topological polar surface area (TPSA) is 0 Å². The summed E-state index contributed by atoms with van der Waals surface area (Å²) in [6.07, 6.45) is 73.1. The van der Waals surface area contributed by atoms with E-state index in [-0.39, 0.29) is 32.5 Å². The molecule has 17 rings (SSSR count). The Bertz CT molecular complexity index is 5430. The Morgan fingerprint density at radius 2 is 0.346 bits per heavy atom. The Morgan fingerprint density at radius 3 is 0.618 bits per heavy atom. The monoisotopic (exact) mass is 1810 g/mol. The number of unbranched alkanes of at least 4 members (excludes halogenated alkanes) is 40. The predicted octanol–water partition coefficient (Wildman–Crippen LogP) is 43.0. The van der Waals surface area contributed by atoms with Crippen LogP contribution in [0.15, 0.2) is 182 Å². The SMILES string of the molecule is CCCCCCCCC1(CCCCCCCC)c2ccccc2-c2ccc(-c3cc4c(c5ccccc35)-c3cc5c(cc3C4(C)C)-c3cc4c(cc3C5(CCCCCCCC)CCCCCCCC)-c3cc5c(cc3C4(CCCCCCCC)CCCCCCCC)-c3c(cc(-c4ccc6c(c4)C(CCCCCCCC)(CCCCCCCC)c4ccccc4-6)c4ccccc34)C5(C)C)cc21. The van der Waals surface area contributed by atoms with Crippen molar-refractivity contribution in [3.05, 3.63) is 249 Å². The third-order valence-corrected chi connectivity index (χ3v) is 36.3. The molecule has 0 aliphatic heterocycles. The van der Waals surface area contributed by atoms with Crippen LogP contribution < -0.4 is 0 Å². The Hall–Kier alpha value is -8.06. The summed E-state index contributed by atoms with van der Waals surface area (Å²) >= 11 is 0. The highest BCUT2D eigenvalue weighted by molar-refractivity contribution is 6.12. The minimum absolute atomic E-state index is 0.00998.